The van der Waals surface area contributed by atoms with E-state index in [9.17, 15) is 9.59 Å². The number of nitrogens with one attached hydrogen (secondary N) is 1. The van der Waals surface area contributed by atoms with Gasteiger partial charge in [-0.1, -0.05) is 12.8 Å². The average molecular weight is 293 g/mol. The molecule has 0 radical (unpaired) electrons. The van der Waals surface area contributed by atoms with E-state index in [0.29, 0.717) is 0 Å². The highest BCUT2D eigenvalue weighted by atomic mass is 16.4. The molecule has 1 aliphatic carbocycles. The number of carboxylic acid groups (broad SMARTS) is 1. The van der Waals surface area contributed by atoms with E-state index in [4.69, 9.17) is 5.11 Å². The quantitative estimate of drug-likeness (QED) is 0.861. The van der Waals surface area contributed by atoms with Crippen molar-refractivity contribution < 1.29 is 14.7 Å². The van der Waals surface area contributed by atoms with Crippen LogP contribution in [0.1, 0.15) is 49.1 Å². The molecule has 0 bridgehead atoms. The van der Waals surface area contributed by atoms with Crippen LogP contribution in [0.4, 0.5) is 0 Å². The predicted octanol–water partition coefficient (Wildman–Crippen LogP) is 1.48. The molecule has 1 saturated carbocycles. The number of aromatic nitrogens is 2. The Morgan fingerprint density at radius 2 is 1.95 bits per heavy atom. The van der Waals surface area contributed by atoms with E-state index in [-0.39, 0.29) is 18.7 Å². The molecular weight excluding hydrogens is 270 g/mol. The molecule has 1 fully saturated rings. The monoisotopic (exact) mass is 293 g/mol. The minimum absolute atomic E-state index is 0.00371. The summed E-state index contributed by atoms with van der Waals surface area (Å²) in [5, 5.41) is 16.4. The lowest BCUT2D eigenvalue weighted by molar-refractivity contribution is -0.139. The Hall–Kier alpha value is -1.85. The molecular formula is C15H23N3O3. The van der Waals surface area contributed by atoms with Gasteiger partial charge >= 0.3 is 5.97 Å². The second-order valence-electron chi connectivity index (χ2n) is 6.06. The van der Waals surface area contributed by atoms with Crippen molar-refractivity contribution in [2.45, 2.75) is 57.9 Å². The summed E-state index contributed by atoms with van der Waals surface area (Å²) >= 11 is 0. The minimum atomic E-state index is -0.856. The zero-order chi connectivity index (χ0) is 15.6. The maximum absolute atomic E-state index is 12.3. The Kier molecular flexibility index (Phi) is 4.34. The molecule has 1 amide bonds. The van der Waals surface area contributed by atoms with Gasteiger partial charge in [-0.05, 0) is 26.7 Å². The lowest BCUT2D eigenvalue weighted by Gasteiger charge is -2.28. The molecule has 2 rings (SSSR count). The third kappa shape index (κ3) is 3.43. The summed E-state index contributed by atoms with van der Waals surface area (Å²) in [6.45, 7) is 3.82. The summed E-state index contributed by atoms with van der Waals surface area (Å²) in [7, 11) is 1.85. The normalized spacial score (nSPS) is 16.9. The van der Waals surface area contributed by atoms with Crippen molar-refractivity contribution in [3.8, 4) is 0 Å². The van der Waals surface area contributed by atoms with Gasteiger partial charge in [-0.15, -0.1) is 0 Å². The van der Waals surface area contributed by atoms with Crippen LogP contribution in [0.15, 0.2) is 0 Å². The molecule has 0 aromatic carbocycles. The maximum Gasteiger partial charge on any atom is 0.305 e. The van der Waals surface area contributed by atoms with Gasteiger partial charge in [0.25, 0.3) is 0 Å². The molecule has 1 aromatic rings. The third-order valence-electron chi connectivity index (χ3n) is 4.45. The van der Waals surface area contributed by atoms with E-state index >= 15 is 0 Å². The number of carbonyl (C=O) groups is 2. The van der Waals surface area contributed by atoms with Crippen molar-refractivity contribution in [3.05, 3.63) is 17.0 Å². The van der Waals surface area contributed by atoms with Crippen molar-refractivity contribution >= 4 is 11.9 Å². The first-order valence-electron chi connectivity index (χ1n) is 7.35. The number of hydrogen-bond acceptors (Lipinski definition) is 3. The number of hydrogen-bond donors (Lipinski definition) is 2. The van der Waals surface area contributed by atoms with E-state index in [1.54, 1.807) is 4.68 Å². The van der Waals surface area contributed by atoms with Crippen LogP contribution < -0.4 is 5.32 Å². The fraction of sp³-hybridized carbons (Fsp3) is 0.667. The second-order valence-corrected chi connectivity index (χ2v) is 6.06. The number of aryl methyl sites for hydroxylation is 2. The van der Waals surface area contributed by atoms with E-state index in [0.717, 1.165) is 42.6 Å². The Balaban J connectivity index is 2.08. The van der Waals surface area contributed by atoms with Gasteiger partial charge < -0.3 is 10.4 Å². The lowest BCUT2D eigenvalue weighted by atomic mass is 9.92. The molecule has 21 heavy (non-hydrogen) atoms. The fourth-order valence-corrected chi connectivity index (χ4v) is 3.26. The Labute approximate surface area is 124 Å². The van der Waals surface area contributed by atoms with Gasteiger partial charge in [-0.25, -0.2) is 0 Å². The minimum Gasteiger partial charge on any atom is -0.481 e. The van der Waals surface area contributed by atoms with Gasteiger partial charge in [-0.2, -0.15) is 5.10 Å². The lowest BCUT2D eigenvalue weighted by Crippen LogP contribution is -2.48. The highest BCUT2D eigenvalue weighted by Crippen LogP contribution is 2.32. The van der Waals surface area contributed by atoms with E-state index in [1.807, 2.05) is 20.9 Å². The standard InChI is InChI=1S/C15H23N3O3/c1-10-12(11(2)18(3)17-10)8-13(19)16-15(9-14(20)21)6-4-5-7-15/h4-9H2,1-3H3,(H,16,19)(H,20,21). The van der Waals surface area contributed by atoms with Crippen LogP contribution in [0.3, 0.4) is 0 Å². The number of carboxylic acids is 1. The van der Waals surface area contributed by atoms with Gasteiger partial charge in [0.05, 0.1) is 24.1 Å². The van der Waals surface area contributed by atoms with Gasteiger partial charge in [-0.3, -0.25) is 14.3 Å². The number of carbonyl (C=O) groups excluding carboxylic acids is 1. The van der Waals surface area contributed by atoms with Gasteiger partial charge in [0.2, 0.25) is 5.91 Å². The Bertz CT molecular complexity index is 557. The molecule has 6 heteroatoms. The molecule has 1 aliphatic rings. The van der Waals surface area contributed by atoms with Gasteiger partial charge in [0.15, 0.2) is 0 Å². The largest absolute Gasteiger partial charge is 0.481 e. The third-order valence-corrected chi connectivity index (χ3v) is 4.45. The highest BCUT2D eigenvalue weighted by Gasteiger charge is 2.37. The first kappa shape index (κ1) is 15.5. The van der Waals surface area contributed by atoms with Crippen LogP contribution in [0.25, 0.3) is 0 Å². The molecule has 0 aliphatic heterocycles. The number of aliphatic carboxylic acids is 1. The summed E-state index contributed by atoms with van der Waals surface area (Å²) in [6, 6.07) is 0. The molecule has 1 heterocycles. The highest BCUT2D eigenvalue weighted by molar-refractivity contribution is 5.81. The van der Waals surface area contributed by atoms with E-state index in [1.165, 1.54) is 0 Å². The maximum atomic E-state index is 12.3. The van der Waals surface area contributed by atoms with Gasteiger partial charge in [0, 0.05) is 18.3 Å². The zero-order valence-corrected chi connectivity index (χ0v) is 12.9. The molecule has 0 unspecified atom stereocenters. The molecule has 6 nitrogen and oxygen atoms in total. The van der Waals surface area contributed by atoms with Gasteiger partial charge in [0.1, 0.15) is 0 Å². The fourth-order valence-electron chi connectivity index (χ4n) is 3.26. The van der Waals surface area contributed by atoms with E-state index in [2.05, 4.69) is 10.4 Å². The Morgan fingerprint density at radius 3 is 2.43 bits per heavy atom. The van der Waals surface area contributed by atoms with Crippen LogP contribution in [-0.4, -0.2) is 32.3 Å². The Morgan fingerprint density at radius 1 is 1.33 bits per heavy atom. The summed E-state index contributed by atoms with van der Waals surface area (Å²) in [5.41, 5.74) is 2.19. The zero-order valence-electron chi connectivity index (χ0n) is 12.9. The summed E-state index contributed by atoms with van der Waals surface area (Å²) in [4.78, 5) is 23.4. The molecule has 0 atom stereocenters. The van der Waals surface area contributed by atoms with Crippen LogP contribution in [0.5, 0.6) is 0 Å². The van der Waals surface area contributed by atoms with Crippen molar-refractivity contribution in [1.82, 2.24) is 15.1 Å². The van der Waals surface area contributed by atoms with Crippen molar-refractivity contribution in [2.24, 2.45) is 7.05 Å². The second kappa shape index (κ2) is 5.87. The summed E-state index contributed by atoms with van der Waals surface area (Å²) in [6.07, 6.45) is 3.69. The smallest absolute Gasteiger partial charge is 0.305 e. The predicted molar refractivity (Wildman–Crippen MR) is 78.0 cm³/mol. The number of rotatable bonds is 5. The van der Waals surface area contributed by atoms with Crippen molar-refractivity contribution in [2.75, 3.05) is 0 Å². The summed E-state index contributed by atoms with van der Waals surface area (Å²) in [5.74, 6) is -0.969. The molecule has 0 spiro atoms. The van der Waals surface area contributed by atoms with Crippen LogP contribution in [-0.2, 0) is 23.1 Å². The van der Waals surface area contributed by atoms with Crippen molar-refractivity contribution in [3.63, 3.8) is 0 Å². The summed E-state index contributed by atoms with van der Waals surface area (Å²) < 4.78 is 1.76. The van der Waals surface area contributed by atoms with E-state index < -0.39 is 11.5 Å². The first-order valence-corrected chi connectivity index (χ1v) is 7.35. The first-order chi connectivity index (χ1) is 9.83. The molecule has 2 N–H and O–H groups in total. The van der Waals surface area contributed by atoms with Crippen molar-refractivity contribution in [1.29, 1.82) is 0 Å². The number of nitrogens with zero attached hydrogens (tertiary/aromatic N) is 2. The molecule has 0 saturated heterocycles. The SMILES string of the molecule is Cc1nn(C)c(C)c1CC(=O)NC1(CC(=O)O)CCCC1. The molecule has 116 valence electrons. The average Bonchev–Trinajstić information content (AvgIpc) is 2.89. The number of amides is 1. The van der Waals surface area contributed by atoms with Crippen LogP contribution >= 0.6 is 0 Å². The topological polar surface area (TPSA) is 84.2 Å². The van der Waals surface area contributed by atoms with Crippen LogP contribution in [0.2, 0.25) is 0 Å². The van der Waals surface area contributed by atoms with Crippen LogP contribution in [0, 0.1) is 13.8 Å². The molecule has 1 aromatic heterocycles.